The number of hydrogen-bond acceptors (Lipinski definition) is 6. The van der Waals surface area contributed by atoms with Crippen LogP contribution < -0.4 is 35.3 Å². The summed E-state index contributed by atoms with van der Waals surface area (Å²) in [6, 6.07) is 5.86. The van der Waals surface area contributed by atoms with E-state index in [0.29, 0.717) is 6.07 Å². The second kappa shape index (κ2) is 5.60. The van der Waals surface area contributed by atoms with Gasteiger partial charge in [-0.3, -0.25) is 4.55 Å². The van der Waals surface area contributed by atoms with E-state index >= 15 is 0 Å². The van der Waals surface area contributed by atoms with Crippen LogP contribution in [0.15, 0.2) is 40.1 Å². The molecular formula is C10H8NNaO6S2. The van der Waals surface area contributed by atoms with Crippen molar-refractivity contribution in [3.63, 3.8) is 0 Å². The van der Waals surface area contributed by atoms with Crippen molar-refractivity contribution in [3.05, 3.63) is 30.3 Å². The molecule has 0 aliphatic carbocycles. The van der Waals surface area contributed by atoms with Crippen molar-refractivity contribution in [2.75, 3.05) is 5.73 Å². The monoisotopic (exact) mass is 325 g/mol. The number of benzene rings is 2. The van der Waals surface area contributed by atoms with Crippen LogP contribution in [0.1, 0.15) is 0 Å². The smallest absolute Gasteiger partial charge is 0.744 e. The minimum absolute atomic E-state index is 0. The maximum absolute atomic E-state index is 11.2. The second-order valence-electron chi connectivity index (χ2n) is 3.80. The Morgan fingerprint density at radius 1 is 1.10 bits per heavy atom. The summed E-state index contributed by atoms with van der Waals surface area (Å²) in [5, 5.41) is 0.0643. The zero-order valence-corrected chi connectivity index (χ0v) is 13.9. The average Bonchev–Trinajstić information content (AvgIpc) is 2.25. The molecule has 0 saturated heterocycles. The third-order valence-electron chi connectivity index (χ3n) is 2.51. The average molecular weight is 325 g/mol. The normalized spacial score (nSPS) is 12.1. The van der Waals surface area contributed by atoms with Crippen LogP contribution in [0.25, 0.3) is 10.8 Å². The summed E-state index contributed by atoms with van der Waals surface area (Å²) in [6.07, 6.45) is 0. The summed E-state index contributed by atoms with van der Waals surface area (Å²) < 4.78 is 64.7. The molecule has 2 aromatic carbocycles. The molecule has 102 valence electrons. The molecule has 0 fully saturated rings. The van der Waals surface area contributed by atoms with Crippen LogP contribution in [0.4, 0.5) is 5.69 Å². The van der Waals surface area contributed by atoms with Crippen molar-refractivity contribution in [1.82, 2.24) is 0 Å². The van der Waals surface area contributed by atoms with Crippen LogP contribution in [-0.4, -0.2) is 25.9 Å². The first-order chi connectivity index (χ1) is 8.60. The van der Waals surface area contributed by atoms with E-state index in [1.807, 2.05) is 0 Å². The summed E-state index contributed by atoms with van der Waals surface area (Å²) in [6.45, 7) is 0. The molecule has 0 heterocycles. The Morgan fingerprint density at radius 3 is 2.20 bits per heavy atom. The van der Waals surface area contributed by atoms with E-state index in [1.54, 1.807) is 0 Å². The van der Waals surface area contributed by atoms with E-state index in [2.05, 4.69) is 0 Å². The van der Waals surface area contributed by atoms with Crippen molar-refractivity contribution in [2.24, 2.45) is 0 Å². The van der Waals surface area contributed by atoms with Gasteiger partial charge < -0.3 is 10.3 Å². The van der Waals surface area contributed by atoms with Gasteiger partial charge in [-0.2, -0.15) is 8.42 Å². The van der Waals surface area contributed by atoms with Gasteiger partial charge in [0.1, 0.15) is 10.1 Å². The molecule has 3 N–H and O–H groups in total. The van der Waals surface area contributed by atoms with Gasteiger partial charge >= 0.3 is 29.6 Å². The minimum atomic E-state index is -4.94. The number of anilines is 1. The van der Waals surface area contributed by atoms with Gasteiger partial charge in [-0.1, -0.05) is 12.1 Å². The Kier molecular flexibility index (Phi) is 4.87. The maximum Gasteiger partial charge on any atom is 1.00 e. The molecule has 0 radical (unpaired) electrons. The Bertz CT molecular complexity index is 876. The van der Waals surface area contributed by atoms with Crippen molar-refractivity contribution >= 4 is 36.7 Å². The summed E-state index contributed by atoms with van der Waals surface area (Å²) >= 11 is 0. The van der Waals surface area contributed by atoms with Crippen molar-refractivity contribution in [2.45, 2.75) is 9.79 Å². The van der Waals surface area contributed by atoms with E-state index in [-0.39, 0.29) is 46.0 Å². The van der Waals surface area contributed by atoms with Gasteiger partial charge in [0.05, 0.1) is 9.79 Å². The van der Waals surface area contributed by atoms with Crippen LogP contribution in [0.5, 0.6) is 0 Å². The molecule has 2 aromatic rings. The molecular weight excluding hydrogens is 317 g/mol. The molecule has 0 amide bonds. The molecule has 0 unspecified atom stereocenters. The molecule has 2 rings (SSSR count). The molecule has 10 heteroatoms. The molecule has 7 nitrogen and oxygen atoms in total. The van der Waals surface area contributed by atoms with Crippen molar-refractivity contribution < 1.29 is 55.5 Å². The van der Waals surface area contributed by atoms with E-state index in [0.717, 1.165) is 6.07 Å². The Hall–Kier alpha value is -0.680. The first-order valence-corrected chi connectivity index (χ1v) is 7.71. The fraction of sp³-hybridized carbons (Fsp3) is 0. The summed E-state index contributed by atoms with van der Waals surface area (Å²) in [7, 11) is -9.57. The fourth-order valence-electron chi connectivity index (χ4n) is 1.74. The van der Waals surface area contributed by atoms with Crippen molar-refractivity contribution in [1.29, 1.82) is 0 Å². The number of fused-ring (bicyclic) bond motifs is 1. The third kappa shape index (κ3) is 3.31. The van der Waals surface area contributed by atoms with Crippen LogP contribution in [0.3, 0.4) is 0 Å². The topological polar surface area (TPSA) is 138 Å². The molecule has 0 atom stereocenters. The SMILES string of the molecule is Nc1cccc2cc(S(=O)(=O)O)cc(S(=O)(=O)[O-])c12.[Na+]. The quantitative estimate of drug-likeness (QED) is 0.356. The largest absolute Gasteiger partial charge is 1.00 e. The Balaban J connectivity index is 0.00000200. The fourth-order valence-corrected chi connectivity index (χ4v) is 3.11. The summed E-state index contributed by atoms with van der Waals surface area (Å²) in [5.41, 5.74) is 5.62. The van der Waals surface area contributed by atoms with Crippen LogP contribution in [0.2, 0.25) is 0 Å². The Labute approximate surface area is 137 Å². The predicted octanol–water partition coefficient (Wildman–Crippen LogP) is -2.42. The van der Waals surface area contributed by atoms with Gasteiger partial charge in [0.2, 0.25) is 0 Å². The summed E-state index contributed by atoms with van der Waals surface area (Å²) in [5.74, 6) is 0. The van der Waals surface area contributed by atoms with Crippen LogP contribution in [0, 0.1) is 0 Å². The van der Waals surface area contributed by atoms with E-state index in [1.165, 1.54) is 18.2 Å². The molecule has 0 bridgehead atoms. The minimum Gasteiger partial charge on any atom is -0.744 e. The van der Waals surface area contributed by atoms with Crippen LogP contribution >= 0.6 is 0 Å². The zero-order chi connectivity index (χ0) is 14.4. The second-order valence-corrected chi connectivity index (χ2v) is 6.57. The zero-order valence-electron chi connectivity index (χ0n) is 10.3. The van der Waals surface area contributed by atoms with Crippen molar-refractivity contribution in [3.8, 4) is 0 Å². The molecule has 0 aliphatic rings. The predicted molar refractivity (Wildman–Crippen MR) is 66.1 cm³/mol. The van der Waals surface area contributed by atoms with Gasteiger partial charge in [0.25, 0.3) is 10.1 Å². The first-order valence-electron chi connectivity index (χ1n) is 4.86. The van der Waals surface area contributed by atoms with Gasteiger partial charge in [0, 0.05) is 11.1 Å². The molecule has 0 saturated carbocycles. The summed E-state index contributed by atoms with van der Waals surface area (Å²) in [4.78, 5) is -1.46. The molecule has 20 heavy (non-hydrogen) atoms. The number of hydrogen-bond donors (Lipinski definition) is 2. The van der Waals surface area contributed by atoms with Gasteiger partial charge in [-0.25, -0.2) is 8.42 Å². The molecule has 0 spiro atoms. The Morgan fingerprint density at radius 2 is 1.70 bits per heavy atom. The van der Waals surface area contributed by atoms with Crippen LogP contribution in [-0.2, 0) is 20.2 Å². The number of nitrogens with two attached hydrogens (primary N) is 1. The van der Waals surface area contributed by atoms with Gasteiger partial charge in [0.15, 0.2) is 0 Å². The van der Waals surface area contributed by atoms with E-state index in [4.69, 9.17) is 10.3 Å². The van der Waals surface area contributed by atoms with Gasteiger partial charge in [-0.05, 0) is 23.6 Å². The standard InChI is InChI=1S/C10H9NO6S2.Na/c11-8-3-1-2-6-4-7(18(12,13)14)5-9(10(6)8)19(15,16)17;/h1-5H,11H2,(H,12,13,14)(H,15,16,17);/q;+1/p-1. The molecule has 0 aliphatic heterocycles. The molecule has 0 aromatic heterocycles. The van der Waals surface area contributed by atoms with Gasteiger partial charge in [-0.15, -0.1) is 0 Å². The van der Waals surface area contributed by atoms with E-state index in [9.17, 15) is 21.4 Å². The number of nitrogen functional groups attached to an aromatic ring is 1. The third-order valence-corrected chi connectivity index (χ3v) is 4.21. The maximum atomic E-state index is 11.2. The van der Waals surface area contributed by atoms with E-state index < -0.39 is 30.0 Å². The first kappa shape index (κ1) is 17.4. The number of rotatable bonds is 2.